The van der Waals surface area contributed by atoms with Crippen LogP contribution in [0.4, 0.5) is 0 Å². The predicted molar refractivity (Wildman–Crippen MR) is 116 cm³/mol. The molecule has 0 atom stereocenters. The second-order valence-electron chi connectivity index (χ2n) is 6.88. The molecule has 2 aromatic heterocycles. The highest BCUT2D eigenvalue weighted by atomic mass is 16.5. The third kappa shape index (κ3) is 4.36. The normalized spacial score (nSPS) is 10.7. The minimum atomic E-state index is -0.777. The molecule has 0 unspecified atom stereocenters. The predicted octanol–water partition coefficient (Wildman–Crippen LogP) is 1.97. The molecule has 2 aromatic carbocycles. The third-order valence-corrected chi connectivity index (χ3v) is 4.78. The molecule has 9 nitrogen and oxygen atoms in total. The lowest BCUT2D eigenvalue weighted by Gasteiger charge is -2.12. The number of rotatable bonds is 7. The van der Waals surface area contributed by atoms with Gasteiger partial charge in [0.1, 0.15) is 11.5 Å². The van der Waals surface area contributed by atoms with Gasteiger partial charge in [-0.1, -0.05) is 30.3 Å². The Bertz CT molecular complexity index is 1320. The van der Waals surface area contributed by atoms with Crippen LogP contribution in [0.3, 0.4) is 0 Å². The van der Waals surface area contributed by atoms with Crippen LogP contribution in [0.1, 0.15) is 21.8 Å². The van der Waals surface area contributed by atoms with Gasteiger partial charge in [0, 0.05) is 0 Å². The number of nitrogens with zero attached hydrogens (tertiary/aromatic N) is 3. The number of ether oxygens (including phenoxy) is 1. The first-order valence-electron chi connectivity index (χ1n) is 9.80. The highest BCUT2D eigenvalue weighted by molar-refractivity contribution is 5.91. The van der Waals surface area contributed by atoms with E-state index < -0.39 is 22.9 Å². The molecule has 162 valence electrons. The van der Waals surface area contributed by atoms with Gasteiger partial charge < -0.3 is 14.5 Å². The average molecular weight is 432 g/mol. The minimum absolute atomic E-state index is 0.00432. The van der Waals surface area contributed by atoms with Gasteiger partial charge in [-0.2, -0.15) is 9.78 Å². The maximum Gasteiger partial charge on any atom is 0.352 e. The van der Waals surface area contributed by atoms with E-state index in [-0.39, 0.29) is 13.1 Å². The molecular formula is C23H20N4O5. The summed E-state index contributed by atoms with van der Waals surface area (Å²) < 4.78 is 12.4. The second-order valence-corrected chi connectivity index (χ2v) is 6.88. The van der Waals surface area contributed by atoms with Gasteiger partial charge in [-0.15, -0.1) is 0 Å². The largest absolute Gasteiger partial charge is 0.497 e. The Kier molecular flexibility index (Phi) is 5.98. The van der Waals surface area contributed by atoms with Crippen molar-refractivity contribution in [2.75, 3.05) is 7.11 Å². The third-order valence-electron chi connectivity index (χ3n) is 4.78. The SMILES string of the molecule is COc1ccc(-n2nc(C(=O)NCc3ccco3)c(=O)n(Cc3ccccc3)c2=O)cc1. The van der Waals surface area contributed by atoms with Crippen molar-refractivity contribution in [3.05, 3.63) is 111 Å². The smallest absolute Gasteiger partial charge is 0.352 e. The first-order valence-corrected chi connectivity index (χ1v) is 9.80. The fraction of sp³-hybridized carbons (Fsp3) is 0.130. The van der Waals surface area contributed by atoms with Gasteiger partial charge in [0.15, 0.2) is 0 Å². The van der Waals surface area contributed by atoms with Crippen molar-refractivity contribution in [1.82, 2.24) is 19.7 Å². The molecular weight excluding hydrogens is 412 g/mol. The highest BCUT2D eigenvalue weighted by Gasteiger charge is 2.20. The lowest BCUT2D eigenvalue weighted by atomic mass is 10.2. The lowest BCUT2D eigenvalue weighted by Crippen LogP contribution is -2.46. The number of hydrogen-bond acceptors (Lipinski definition) is 6. The molecule has 4 rings (SSSR count). The molecule has 0 radical (unpaired) electrons. The molecule has 0 bridgehead atoms. The molecule has 1 amide bonds. The standard InChI is InChI=1S/C23H20N4O5/c1-31-18-11-9-17(10-12-18)27-23(30)26(15-16-6-3-2-4-7-16)22(29)20(25-27)21(28)24-14-19-8-5-13-32-19/h2-13H,14-15H2,1H3,(H,24,28). The Morgan fingerprint density at radius 3 is 2.44 bits per heavy atom. The first-order chi connectivity index (χ1) is 15.6. The Morgan fingerprint density at radius 1 is 1.03 bits per heavy atom. The van der Waals surface area contributed by atoms with Gasteiger partial charge >= 0.3 is 5.69 Å². The molecule has 32 heavy (non-hydrogen) atoms. The zero-order valence-electron chi connectivity index (χ0n) is 17.2. The summed E-state index contributed by atoms with van der Waals surface area (Å²) in [5.41, 5.74) is -0.714. The van der Waals surface area contributed by atoms with Crippen molar-refractivity contribution in [1.29, 1.82) is 0 Å². The molecule has 0 aliphatic heterocycles. The average Bonchev–Trinajstić information content (AvgIpc) is 3.35. The van der Waals surface area contributed by atoms with E-state index in [1.807, 2.05) is 6.07 Å². The molecule has 4 aromatic rings. The Labute approximate surface area is 182 Å². The number of benzene rings is 2. The summed E-state index contributed by atoms with van der Waals surface area (Å²) >= 11 is 0. The van der Waals surface area contributed by atoms with Crippen LogP contribution in [0.5, 0.6) is 5.75 Å². The molecule has 0 saturated heterocycles. The van der Waals surface area contributed by atoms with Crippen molar-refractivity contribution in [3.8, 4) is 11.4 Å². The molecule has 1 N–H and O–H groups in total. The summed E-state index contributed by atoms with van der Waals surface area (Å²) in [4.78, 5) is 39.0. The van der Waals surface area contributed by atoms with E-state index in [9.17, 15) is 14.4 Å². The number of furan rings is 1. The van der Waals surface area contributed by atoms with Crippen LogP contribution in [-0.4, -0.2) is 27.4 Å². The van der Waals surface area contributed by atoms with Crippen LogP contribution in [0.15, 0.2) is 87.0 Å². The molecule has 0 aliphatic carbocycles. The molecule has 0 saturated carbocycles. The van der Waals surface area contributed by atoms with Crippen LogP contribution in [0.25, 0.3) is 5.69 Å². The molecule has 0 aliphatic rings. The number of nitrogens with one attached hydrogen (secondary N) is 1. The zero-order chi connectivity index (χ0) is 22.5. The number of methoxy groups -OCH3 is 1. The number of hydrogen-bond donors (Lipinski definition) is 1. The summed E-state index contributed by atoms with van der Waals surface area (Å²) in [5, 5.41) is 6.69. The van der Waals surface area contributed by atoms with Crippen LogP contribution in [0, 0.1) is 0 Å². The van der Waals surface area contributed by atoms with Gasteiger partial charge in [0.2, 0.25) is 5.69 Å². The number of carbonyl (C=O) groups excluding carboxylic acids is 1. The van der Waals surface area contributed by atoms with E-state index in [1.165, 1.54) is 13.4 Å². The summed E-state index contributed by atoms with van der Waals surface area (Å²) in [6.07, 6.45) is 1.48. The molecule has 0 fully saturated rings. The van der Waals surface area contributed by atoms with E-state index in [0.717, 1.165) is 14.8 Å². The van der Waals surface area contributed by atoms with Crippen LogP contribution < -0.4 is 21.3 Å². The molecule has 9 heteroatoms. The topological polar surface area (TPSA) is 108 Å². The fourth-order valence-corrected chi connectivity index (χ4v) is 3.12. The minimum Gasteiger partial charge on any atom is -0.497 e. The highest BCUT2D eigenvalue weighted by Crippen LogP contribution is 2.13. The van der Waals surface area contributed by atoms with Gasteiger partial charge in [0.05, 0.1) is 32.1 Å². The zero-order valence-corrected chi connectivity index (χ0v) is 17.2. The fourth-order valence-electron chi connectivity index (χ4n) is 3.12. The van der Waals surface area contributed by atoms with Gasteiger partial charge in [-0.3, -0.25) is 14.2 Å². The molecule has 2 heterocycles. The second kappa shape index (κ2) is 9.17. The summed E-state index contributed by atoms with van der Waals surface area (Å²) in [6.45, 7) is 0.0724. The van der Waals surface area contributed by atoms with Crippen molar-refractivity contribution in [3.63, 3.8) is 0 Å². The van der Waals surface area contributed by atoms with E-state index in [4.69, 9.17) is 9.15 Å². The summed E-state index contributed by atoms with van der Waals surface area (Å²) in [5.74, 6) is 0.401. The van der Waals surface area contributed by atoms with Crippen LogP contribution in [-0.2, 0) is 13.1 Å². The van der Waals surface area contributed by atoms with Gasteiger partial charge in [0.25, 0.3) is 11.5 Å². The van der Waals surface area contributed by atoms with Crippen LogP contribution >= 0.6 is 0 Å². The number of carbonyl (C=O) groups is 1. The van der Waals surface area contributed by atoms with Crippen molar-refractivity contribution >= 4 is 5.91 Å². The Balaban J connectivity index is 1.78. The van der Waals surface area contributed by atoms with E-state index >= 15 is 0 Å². The van der Waals surface area contributed by atoms with Crippen LogP contribution in [0.2, 0.25) is 0 Å². The number of aromatic nitrogens is 3. The quantitative estimate of drug-likeness (QED) is 0.478. The summed E-state index contributed by atoms with van der Waals surface area (Å²) in [6, 6.07) is 19.0. The van der Waals surface area contributed by atoms with Crippen molar-refractivity contribution in [2.24, 2.45) is 0 Å². The maximum absolute atomic E-state index is 13.2. The number of amides is 1. The lowest BCUT2D eigenvalue weighted by molar-refractivity contribution is 0.0938. The maximum atomic E-state index is 13.2. The van der Waals surface area contributed by atoms with Gasteiger partial charge in [-0.05, 0) is 42.0 Å². The van der Waals surface area contributed by atoms with Crippen molar-refractivity contribution < 1.29 is 13.9 Å². The Hall–Kier alpha value is -4.40. The first kappa shape index (κ1) is 20.9. The van der Waals surface area contributed by atoms with E-state index in [2.05, 4.69) is 10.4 Å². The van der Waals surface area contributed by atoms with E-state index in [0.29, 0.717) is 17.2 Å². The Morgan fingerprint density at radius 2 is 1.78 bits per heavy atom. The molecule has 0 spiro atoms. The van der Waals surface area contributed by atoms with E-state index in [1.54, 1.807) is 60.7 Å². The monoisotopic (exact) mass is 432 g/mol. The van der Waals surface area contributed by atoms with Gasteiger partial charge in [-0.25, -0.2) is 4.79 Å². The van der Waals surface area contributed by atoms with Crippen molar-refractivity contribution in [2.45, 2.75) is 13.1 Å². The summed E-state index contributed by atoms with van der Waals surface area (Å²) in [7, 11) is 1.53.